The molecule has 1 saturated carbocycles. The lowest BCUT2D eigenvalue weighted by Gasteiger charge is -2.33. The molecule has 3 rings (SSSR count). The number of esters is 1. The number of carbonyl (C=O) groups excluding carboxylic acids is 2. The molecule has 1 saturated heterocycles. The van der Waals surface area contributed by atoms with Crippen molar-refractivity contribution in [2.75, 3.05) is 20.2 Å². The summed E-state index contributed by atoms with van der Waals surface area (Å²) in [7, 11) is -2.29. The molecule has 1 aliphatic heterocycles. The number of hydrogen-bond acceptors (Lipinski definition) is 5. The first kappa shape index (κ1) is 21.7. The van der Waals surface area contributed by atoms with E-state index in [2.05, 4.69) is 0 Å². The van der Waals surface area contributed by atoms with Crippen LogP contribution in [-0.2, 0) is 24.2 Å². The second-order valence-corrected chi connectivity index (χ2v) is 10.8. The second kappa shape index (κ2) is 7.70. The molecule has 3 unspecified atom stereocenters. The van der Waals surface area contributed by atoms with E-state index in [1.807, 2.05) is 13.8 Å². The highest BCUT2D eigenvalue weighted by Gasteiger charge is 2.55. The Morgan fingerprint density at radius 1 is 1.24 bits per heavy atom. The Balaban J connectivity index is 1.76. The molecule has 0 spiro atoms. The molecule has 8 heteroatoms. The van der Waals surface area contributed by atoms with Crippen LogP contribution < -0.4 is 0 Å². The molecule has 160 valence electrons. The van der Waals surface area contributed by atoms with Crippen LogP contribution in [0.5, 0.6) is 0 Å². The zero-order valence-electron chi connectivity index (χ0n) is 17.1. The summed E-state index contributed by atoms with van der Waals surface area (Å²) in [6, 6.07) is 4.79. The molecule has 1 aromatic rings. The maximum atomic E-state index is 13.4. The van der Waals surface area contributed by atoms with Crippen LogP contribution in [0.25, 0.3) is 0 Å². The number of likely N-dealkylation sites (tertiary alicyclic amines) is 1. The molecule has 0 N–H and O–H groups in total. The van der Waals surface area contributed by atoms with Crippen molar-refractivity contribution >= 4 is 21.7 Å². The van der Waals surface area contributed by atoms with Gasteiger partial charge in [0, 0.05) is 13.1 Å². The van der Waals surface area contributed by atoms with Crippen molar-refractivity contribution in [3.8, 4) is 0 Å². The van der Waals surface area contributed by atoms with E-state index in [9.17, 15) is 22.4 Å². The molecule has 0 bridgehead atoms. The lowest BCUT2D eigenvalue weighted by Crippen LogP contribution is -2.43. The fourth-order valence-corrected chi connectivity index (χ4v) is 6.51. The van der Waals surface area contributed by atoms with Crippen LogP contribution >= 0.6 is 0 Å². The highest BCUT2D eigenvalue weighted by Crippen LogP contribution is 2.53. The number of benzene rings is 1. The number of hydrogen-bond donors (Lipinski definition) is 0. The SMILES string of the molecule is CCC1(C(=O)N2CCC(S(=O)(=O)c3ccc(F)cc3)C2)CCC(C)(C(=O)OC)C1. The Hall–Kier alpha value is -1.96. The predicted octanol–water partition coefficient (Wildman–Crippen LogP) is 2.96. The normalized spacial score (nSPS) is 29.8. The largest absolute Gasteiger partial charge is 0.469 e. The number of methoxy groups -OCH3 is 1. The van der Waals surface area contributed by atoms with Gasteiger partial charge >= 0.3 is 5.97 Å². The average molecular weight is 426 g/mol. The van der Waals surface area contributed by atoms with Crippen LogP contribution in [0.2, 0.25) is 0 Å². The van der Waals surface area contributed by atoms with Gasteiger partial charge in [0.05, 0.1) is 28.1 Å². The highest BCUT2D eigenvalue weighted by atomic mass is 32.2. The third kappa shape index (κ3) is 3.79. The molecule has 1 aromatic carbocycles. The van der Waals surface area contributed by atoms with E-state index in [0.29, 0.717) is 38.6 Å². The molecule has 29 heavy (non-hydrogen) atoms. The predicted molar refractivity (Wildman–Crippen MR) is 105 cm³/mol. The van der Waals surface area contributed by atoms with Gasteiger partial charge in [0.2, 0.25) is 5.91 Å². The highest BCUT2D eigenvalue weighted by molar-refractivity contribution is 7.92. The van der Waals surface area contributed by atoms with Crippen LogP contribution in [-0.4, -0.2) is 50.6 Å². The van der Waals surface area contributed by atoms with E-state index in [4.69, 9.17) is 4.74 Å². The third-order valence-electron chi connectivity index (χ3n) is 6.71. The van der Waals surface area contributed by atoms with Crippen LogP contribution in [0.15, 0.2) is 29.2 Å². The smallest absolute Gasteiger partial charge is 0.311 e. The van der Waals surface area contributed by atoms with Gasteiger partial charge < -0.3 is 9.64 Å². The van der Waals surface area contributed by atoms with Gasteiger partial charge in [0.15, 0.2) is 9.84 Å². The van der Waals surface area contributed by atoms with Gasteiger partial charge in [-0.2, -0.15) is 0 Å². The molecular weight excluding hydrogens is 397 g/mol. The molecule has 1 aliphatic carbocycles. The fraction of sp³-hybridized carbons (Fsp3) is 0.619. The minimum Gasteiger partial charge on any atom is -0.469 e. The molecule has 6 nitrogen and oxygen atoms in total. The first-order valence-electron chi connectivity index (χ1n) is 9.95. The molecule has 0 aromatic heterocycles. The maximum Gasteiger partial charge on any atom is 0.311 e. The lowest BCUT2D eigenvalue weighted by atomic mass is 9.77. The number of carbonyl (C=O) groups is 2. The molecule has 3 atom stereocenters. The van der Waals surface area contributed by atoms with Crippen LogP contribution in [0.1, 0.15) is 46.0 Å². The lowest BCUT2D eigenvalue weighted by molar-refractivity contribution is -0.152. The molecule has 2 aliphatic rings. The van der Waals surface area contributed by atoms with Crippen LogP contribution in [0.4, 0.5) is 4.39 Å². The minimum absolute atomic E-state index is 0.0718. The fourth-order valence-electron chi connectivity index (χ4n) is 4.81. The number of amides is 1. The van der Waals surface area contributed by atoms with Crippen LogP contribution in [0.3, 0.4) is 0 Å². The molecule has 1 heterocycles. The zero-order valence-corrected chi connectivity index (χ0v) is 17.9. The number of rotatable bonds is 5. The van der Waals surface area contributed by atoms with E-state index in [0.717, 1.165) is 12.1 Å². The minimum atomic E-state index is -3.65. The Bertz CT molecular complexity index is 900. The van der Waals surface area contributed by atoms with Crippen LogP contribution in [0, 0.1) is 16.6 Å². The van der Waals surface area contributed by atoms with Crippen molar-refractivity contribution in [3.05, 3.63) is 30.1 Å². The summed E-state index contributed by atoms with van der Waals surface area (Å²) in [5, 5.41) is -0.709. The molecular formula is C21H28FNO5S. The Morgan fingerprint density at radius 2 is 1.90 bits per heavy atom. The summed E-state index contributed by atoms with van der Waals surface area (Å²) in [6.45, 7) is 4.24. The first-order valence-corrected chi connectivity index (χ1v) is 11.5. The van der Waals surface area contributed by atoms with E-state index in [1.165, 1.54) is 19.2 Å². The standard InChI is InChI=1S/C21H28FNO5S/c1-4-21(11-10-20(2,14-21)19(25)28-3)18(24)23-12-9-17(13-23)29(26,27)16-7-5-15(22)6-8-16/h5-8,17H,4,9-14H2,1-3H3. The number of sulfone groups is 1. The van der Waals surface area contributed by atoms with E-state index >= 15 is 0 Å². The van der Waals surface area contributed by atoms with Gasteiger partial charge in [0.1, 0.15) is 5.82 Å². The number of nitrogens with zero attached hydrogens (tertiary/aromatic N) is 1. The van der Waals surface area contributed by atoms with E-state index < -0.39 is 31.7 Å². The van der Waals surface area contributed by atoms with Gasteiger partial charge in [-0.1, -0.05) is 6.92 Å². The van der Waals surface area contributed by atoms with Crippen molar-refractivity contribution < 1.29 is 27.1 Å². The van der Waals surface area contributed by atoms with Crippen molar-refractivity contribution in [1.82, 2.24) is 4.90 Å². The topological polar surface area (TPSA) is 80.8 Å². The Kier molecular flexibility index (Phi) is 5.77. The van der Waals surface area contributed by atoms with Gasteiger partial charge in [0.25, 0.3) is 0 Å². The van der Waals surface area contributed by atoms with E-state index in [1.54, 1.807) is 4.90 Å². The summed E-state index contributed by atoms with van der Waals surface area (Å²) in [5.74, 6) is -0.879. The monoisotopic (exact) mass is 425 g/mol. The van der Waals surface area contributed by atoms with Crippen molar-refractivity contribution in [1.29, 1.82) is 0 Å². The number of halogens is 1. The summed E-state index contributed by atoms with van der Waals surface area (Å²) in [5.41, 5.74) is -1.36. The molecule has 2 fully saturated rings. The van der Waals surface area contributed by atoms with Gasteiger partial charge in [-0.3, -0.25) is 9.59 Å². The number of ether oxygens (including phenoxy) is 1. The maximum absolute atomic E-state index is 13.4. The average Bonchev–Trinajstić information content (AvgIpc) is 3.34. The Labute approximate surface area is 171 Å². The Morgan fingerprint density at radius 3 is 2.48 bits per heavy atom. The third-order valence-corrected chi connectivity index (χ3v) is 8.90. The van der Waals surface area contributed by atoms with Gasteiger partial charge in [-0.05, 0) is 63.3 Å². The molecule has 0 radical (unpaired) electrons. The van der Waals surface area contributed by atoms with Crippen molar-refractivity contribution in [2.45, 2.75) is 56.1 Å². The van der Waals surface area contributed by atoms with Gasteiger partial charge in [-0.15, -0.1) is 0 Å². The summed E-state index contributed by atoms with van der Waals surface area (Å²) in [6.07, 6.45) is 2.50. The quantitative estimate of drug-likeness (QED) is 0.535. The summed E-state index contributed by atoms with van der Waals surface area (Å²) in [4.78, 5) is 27.3. The summed E-state index contributed by atoms with van der Waals surface area (Å²) >= 11 is 0. The first-order chi connectivity index (χ1) is 13.6. The van der Waals surface area contributed by atoms with Crippen molar-refractivity contribution in [3.63, 3.8) is 0 Å². The van der Waals surface area contributed by atoms with E-state index in [-0.39, 0.29) is 23.3 Å². The van der Waals surface area contributed by atoms with Crippen molar-refractivity contribution in [2.24, 2.45) is 10.8 Å². The second-order valence-electron chi connectivity index (χ2n) is 8.52. The summed E-state index contributed by atoms with van der Waals surface area (Å²) < 4.78 is 43.9. The molecule has 1 amide bonds. The van der Waals surface area contributed by atoms with Gasteiger partial charge in [-0.25, -0.2) is 12.8 Å². The zero-order chi connectivity index (χ0) is 21.4.